The first-order chi connectivity index (χ1) is 23.2. The normalized spacial score (nSPS) is 14.9. The van der Waals surface area contributed by atoms with Gasteiger partial charge < -0.3 is 24.6 Å². The molecule has 0 saturated heterocycles. The Kier molecular flexibility index (Phi) is 31.6. The Balaban J connectivity index is 4.55. The topological polar surface area (TPSA) is 149 Å². The van der Waals surface area contributed by atoms with Gasteiger partial charge in [0.05, 0.1) is 19.8 Å². The van der Waals surface area contributed by atoms with Crippen molar-refractivity contribution < 1.29 is 47.8 Å². The highest BCUT2D eigenvalue weighted by Gasteiger charge is 2.27. The fourth-order valence-corrected chi connectivity index (χ4v) is 5.11. The van der Waals surface area contributed by atoms with Crippen molar-refractivity contribution in [3.05, 3.63) is 60.8 Å². The molecule has 48 heavy (non-hydrogen) atoms. The van der Waals surface area contributed by atoms with Crippen LogP contribution in [-0.4, -0.2) is 65.7 Å². The highest BCUT2D eigenvalue weighted by Crippen LogP contribution is 2.43. The molecule has 0 aliphatic carbocycles. The largest absolute Gasteiger partial charge is 0.472 e. The van der Waals surface area contributed by atoms with Crippen molar-refractivity contribution in [3.63, 3.8) is 0 Å². The molecule has 2 unspecified atom stereocenters. The summed E-state index contributed by atoms with van der Waals surface area (Å²) >= 11 is 0. The maximum Gasteiger partial charge on any atom is 0.472 e. The molecule has 0 saturated carbocycles. The van der Waals surface area contributed by atoms with Crippen LogP contribution >= 0.6 is 7.82 Å². The van der Waals surface area contributed by atoms with E-state index in [1.165, 1.54) is 51.4 Å². The number of esters is 2. The molecule has 0 spiro atoms. The maximum absolute atomic E-state index is 12.5. The number of carbonyl (C=O) groups excluding carboxylic acids is 2. The van der Waals surface area contributed by atoms with Gasteiger partial charge in [-0.3, -0.25) is 18.6 Å². The molecule has 3 N–H and O–H groups in total. The van der Waals surface area contributed by atoms with E-state index in [-0.39, 0.29) is 19.4 Å². The summed E-state index contributed by atoms with van der Waals surface area (Å²) < 4.78 is 32.4. The van der Waals surface area contributed by atoms with Crippen LogP contribution in [0.5, 0.6) is 0 Å². The van der Waals surface area contributed by atoms with E-state index < -0.39 is 51.8 Å². The summed E-state index contributed by atoms with van der Waals surface area (Å²) in [6.45, 7) is 2.11. The Labute approximate surface area is 289 Å². The predicted octanol–water partition coefficient (Wildman–Crippen LogP) is 8.38. The quantitative estimate of drug-likeness (QED) is 0.0271. The number of aliphatic hydroxyl groups is 2. The summed E-state index contributed by atoms with van der Waals surface area (Å²) in [5.41, 5.74) is 0. The van der Waals surface area contributed by atoms with Gasteiger partial charge in [0, 0.05) is 12.8 Å². The monoisotopic (exact) mass is 698 g/mol. The Morgan fingerprint density at radius 3 is 1.71 bits per heavy atom. The van der Waals surface area contributed by atoms with E-state index >= 15 is 0 Å². The number of ether oxygens (including phenoxy) is 2. The van der Waals surface area contributed by atoms with Crippen LogP contribution in [0.1, 0.15) is 123 Å². The highest BCUT2D eigenvalue weighted by molar-refractivity contribution is 7.47. The molecular formula is C37H63O10P. The molecule has 3 atom stereocenters. The second-order valence-corrected chi connectivity index (χ2v) is 13.1. The summed E-state index contributed by atoms with van der Waals surface area (Å²) in [7, 11) is -4.63. The van der Waals surface area contributed by atoms with Gasteiger partial charge in [-0.25, -0.2) is 4.57 Å². The molecule has 0 aromatic heterocycles. The number of hydrogen-bond acceptors (Lipinski definition) is 9. The Morgan fingerprint density at radius 1 is 0.646 bits per heavy atom. The predicted molar refractivity (Wildman–Crippen MR) is 191 cm³/mol. The first kappa shape index (κ1) is 45.7. The summed E-state index contributed by atoms with van der Waals surface area (Å²) in [6, 6.07) is 0. The lowest BCUT2D eigenvalue weighted by atomic mass is 10.0. The SMILES string of the molecule is CC/C=C/C=C/C=C/C=C/C=C/CCCC(=O)OC(COC(=O)CCCCCCCCCCCCCC)COP(=O)(O)OC[C@@H](O)CO. The van der Waals surface area contributed by atoms with Gasteiger partial charge in [-0.1, -0.05) is 145 Å². The summed E-state index contributed by atoms with van der Waals surface area (Å²) in [4.78, 5) is 34.7. The van der Waals surface area contributed by atoms with Crippen LogP contribution in [0.4, 0.5) is 0 Å². The second-order valence-electron chi connectivity index (χ2n) is 11.6. The number of unbranched alkanes of at least 4 members (excludes halogenated alkanes) is 12. The molecule has 0 aliphatic heterocycles. The van der Waals surface area contributed by atoms with Gasteiger partial charge in [-0.15, -0.1) is 0 Å². The number of hydrogen-bond donors (Lipinski definition) is 3. The number of carbonyl (C=O) groups is 2. The smallest absolute Gasteiger partial charge is 0.462 e. The lowest BCUT2D eigenvalue weighted by molar-refractivity contribution is -0.161. The fraction of sp³-hybridized carbons (Fsp3) is 0.676. The van der Waals surface area contributed by atoms with Crippen LogP contribution in [0.25, 0.3) is 0 Å². The molecular weight excluding hydrogens is 635 g/mol. The third-order valence-corrected chi connectivity index (χ3v) is 8.02. The summed E-state index contributed by atoms with van der Waals surface area (Å²) in [5.74, 6) is -1.02. The van der Waals surface area contributed by atoms with Crippen molar-refractivity contribution in [1.29, 1.82) is 0 Å². The van der Waals surface area contributed by atoms with Crippen molar-refractivity contribution in [2.45, 2.75) is 135 Å². The van der Waals surface area contributed by atoms with E-state index in [9.17, 15) is 24.2 Å². The van der Waals surface area contributed by atoms with Crippen LogP contribution in [-0.2, 0) is 32.7 Å². The lowest BCUT2D eigenvalue weighted by Crippen LogP contribution is -2.29. The molecule has 0 aromatic rings. The molecule has 0 amide bonds. The summed E-state index contributed by atoms with van der Waals surface area (Å²) in [6.07, 6.45) is 33.5. The van der Waals surface area contributed by atoms with Crippen LogP contribution in [0.3, 0.4) is 0 Å². The fourth-order valence-electron chi connectivity index (χ4n) is 4.32. The van der Waals surface area contributed by atoms with E-state index in [1.807, 2.05) is 54.7 Å². The average Bonchev–Trinajstić information content (AvgIpc) is 3.07. The van der Waals surface area contributed by atoms with Gasteiger partial charge in [0.2, 0.25) is 0 Å². The Morgan fingerprint density at radius 2 is 1.15 bits per heavy atom. The van der Waals surface area contributed by atoms with Crippen LogP contribution in [0, 0.1) is 0 Å². The minimum absolute atomic E-state index is 0.0866. The van der Waals surface area contributed by atoms with Gasteiger partial charge in [0.15, 0.2) is 6.10 Å². The molecule has 0 rings (SSSR count). The van der Waals surface area contributed by atoms with Crippen molar-refractivity contribution in [2.75, 3.05) is 26.4 Å². The Bertz CT molecular complexity index is 989. The highest BCUT2D eigenvalue weighted by atomic mass is 31.2. The molecule has 10 nitrogen and oxygen atoms in total. The molecule has 11 heteroatoms. The molecule has 0 radical (unpaired) electrons. The van der Waals surface area contributed by atoms with Crippen molar-refractivity contribution in [3.8, 4) is 0 Å². The average molecular weight is 699 g/mol. The molecule has 0 aromatic carbocycles. The molecule has 0 fully saturated rings. The van der Waals surface area contributed by atoms with Crippen molar-refractivity contribution >= 4 is 19.8 Å². The van der Waals surface area contributed by atoms with E-state index in [1.54, 1.807) is 0 Å². The van der Waals surface area contributed by atoms with Crippen LogP contribution < -0.4 is 0 Å². The lowest BCUT2D eigenvalue weighted by Gasteiger charge is -2.20. The van der Waals surface area contributed by atoms with Crippen molar-refractivity contribution in [2.24, 2.45) is 0 Å². The minimum Gasteiger partial charge on any atom is -0.462 e. The standard InChI is InChI=1S/C37H63O10P/c1-3-5-7-9-11-13-15-17-19-21-23-25-27-29-37(41)47-35(33-46-48(42,43)45-31-34(39)30-38)32-44-36(40)28-26-24-22-20-18-16-14-12-10-8-6-4-2/h5,7,9,11,13,15,17,19,21,23,34-35,38-39H,3-4,6,8,10,12,14,16,18,20,22,24-33H2,1-2H3,(H,42,43)/b7-5+,11-9+,15-13+,19-17+,23-21+/t34-,35?/m0/s1. The van der Waals surface area contributed by atoms with Gasteiger partial charge in [-0.2, -0.15) is 0 Å². The Hall–Kier alpha value is -2.33. The zero-order chi connectivity index (χ0) is 35.6. The number of allylic oxidation sites excluding steroid dienone is 10. The number of aliphatic hydroxyl groups excluding tert-OH is 2. The zero-order valence-corrected chi connectivity index (χ0v) is 30.3. The van der Waals surface area contributed by atoms with Crippen LogP contribution in [0.2, 0.25) is 0 Å². The zero-order valence-electron chi connectivity index (χ0n) is 29.4. The molecule has 0 aliphatic rings. The van der Waals surface area contributed by atoms with E-state index in [0.29, 0.717) is 19.3 Å². The van der Waals surface area contributed by atoms with E-state index in [2.05, 4.69) is 24.4 Å². The number of phosphoric ester groups is 1. The summed E-state index contributed by atoms with van der Waals surface area (Å²) in [5, 5.41) is 18.2. The van der Waals surface area contributed by atoms with Crippen molar-refractivity contribution in [1.82, 2.24) is 0 Å². The van der Waals surface area contributed by atoms with Gasteiger partial charge >= 0.3 is 19.8 Å². The maximum atomic E-state index is 12.5. The number of rotatable bonds is 32. The number of phosphoric acid groups is 1. The minimum atomic E-state index is -4.63. The third kappa shape index (κ3) is 32.2. The van der Waals surface area contributed by atoms with Crippen LogP contribution in [0.15, 0.2) is 60.8 Å². The first-order valence-corrected chi connectivity index (χ1v) is 19.3. The first-order valence-electron chi connectivity index (χ1n) is 17.8. The van der Waals surface area contributed by atoms with Gasteiger partial charge in [-0.05, 0) is 25.7 Å². The third-order valence-electron chi connectivity index (χ3n) is 7.06. The van der Waals surface area contributed by atoms with E-state index in [4.69, 9.17) is 19.1 Å². The molecule has 0 heterocycles. The van der Waals surface area contributed by atoms with Gasteiger partial charge in [0.1, 0.15) is 12.7 Å². The van der Waals surface area contributed by atoms with Gasteiger partial charge in [0.25, 0.3) is 0 Å². The molecule has 0 bridgehead atoms. The van der Waals surface area contributed by atoms with E-state index in [0.717, 1.165) is 25.7 Å². The molecule has 276 valence electrons. The second kappa shape index (κ2) is 33.2.